The SMILES string of the molecule is CC/C=C\C/C=C\C/C=C\C/C=C\CCCCCCCCC(=O)OCC(COC(=O)CCCCCCCCCCC)OC(=O)CCCCCCCCCCC. The maximum atomic E-state index is 12.7. The van der Waals surface area contributed by atoms with Crippen LogP contribution in [-0.2, 0) is 28.6 Å². The number of rotatable bonds is 41. The molecule has 0 bridgehead atoms. The van der Waals surface area contributed by atoms with Gasteiger partial charge in [-0.15, -0.1) is 0 Å². The van der Waals surface area contributed by atoms with Crippen LogP contribution >= 0.6 is 0 Å². The second kappa shape index (κ2) is 44.1. The average Bonchev–Trinajstić information content (AvgIpc) is 3.18. The summed E-state index contributed by atoms with van der Waals surface area (Å²) in [5.41, 5.74) is 0. The fraction of sp³-hybridized carbons (Fsp3) is 0.776. The van der Waals surface area contributed by atoms with Crippen LogP contribution < -0.4 is 0 Å². The molecule has 0 N–H and O–H groups in total. The molecule has 6 heteroatoms. The Bertz CT molecular complexity index is 980. The number of carbonyl (C=O) groups excluding carboxylic acids is 3. The summed E-state index contributed by atoms with van der Waals surface area (Å²) in [4.78, 5) is 37.6. The van der Waals surface area contributed by atoms with Crippen LogP contribution in [0, 0.1) is 0 Å². The second-order valence-electron chi connectivity index (χ2n) is 15.3. The summed E-state index contributed by atoms with van der Waals surface area (Å²) >= 11 is 0. The zero-order chi connectivity index (χ0) is 40.1. The minimum atomic E-state index is -0.771. The third-order valence-electron chi connectivity index (χ3n) is 9.85. The largest absolute Gasteiger partial charge is 0.462 e. The van der Waals surface area contributed by atoms with Gasteiger partial charge < -0.3 is 14.2 Å². The van der Waals surface area contributed by atoms with Crippen molar-refractivity contribution in [3.8, 4) is 0 Å². The topological polar surface area (TPSA) is 78.9 Å². The molecule has 55 heavy (non-hydrogen) atoms. The van der Waals surface area contributed by atoms with Crippen LogP contribution in [0.2, 0.25) is 0 Å². The summed E-state index contributed by atoms with van der Waals surface area (Å²) in [6.07, 6.45) is 51.0. The Morgan fingerprint density at radius 2 is 0.709 bits per heavy atom. The number of hydrogen-bond donors (Lipinski definition) is 0. The molecule has 1 atom stereocenters. The molecule has 0 amide bonds. The summed E-state index contributed by atoms with van der Waals surface area (Å²) in [7, 11) is 0. The van der Waals surface area contributed by atoms with E-state index in [0.717, 1.165) is 89.9 Å². The lowest BCUT2D eigenvalue weighted by Crippen LogP contribution is -2.30. The van der Waals surface area contributed by atoms with E-state index in [9.17, 15) is 14.4 Å². The standard InChI is InChI=1S/C49H86O6/c1-4-7-10-13-16-19-20-21-22-23-24-25-26-27-28-31-33-36-39-42-48(51)54-45-46(55-49(52)43-40-37-34-30-18-15-12-9-6-3)44-53-47(50)41-38-35-32-29-17-14-11-8-5-2/h7,10,16,19,21-22,24-25,46H,4-6,8-9,11-15,17-18,20,23,26-45H2,1-3H3/b10-7-,19-16-,22-21-,25-24-. The molecule has 0 aliphatic rings. The van der Waals surface area contributed by atoms with Gasteiger partial charge in [-0.25, -0.2) is 0 Å². The van der Waals surface area contributed by atoms with Crippen molar-refractivity contribution in [3.05, 3.63) is 48.6 Å². The number of hydrogen-bond acceptors (Lipinski definition) is 6. The second-order valence-corrected chi connectivity index (χ2v) is 15.3. The molecule has 0 aromatic rings. The van der Waals surface area contributed by atoms with E-state index in [2.05, 4.69) is 69.4 Å². The van der Waals surface area contributed by atoms with Crippen molar-refractivity contribution in [2.24, 2.45) is 0 Å². The van der Waals surface area contributed by atoms with E-state index in [1.54, 1.807) is 0 Å². The first-order chi connectivity index (χ1) is 27.0. The Morgan fingerprint density at radius 3 is 1.11 bits per heavy atom. The van der Waals surface area contributed by atoms with Gasteiger partial charge >= 0.3 is 17.9 Å². The monoisotopic (exact) mass is 771 g/mol. The van der Waals surface area contributed by atoms with E-state index < -0.39 is 6.10 Å². The van der Waals surface area contributed by atoms with Crippen LogP contribution in [-0.4, -0.2) is 37.2 Å². The Hall–Kier alpha value is -2.63. The van der Waals surface area contributed by atoms with Crippen LogP contribution in [0.4, 0.5) is 0 Å². The maximum Gasteiger partial charge on any atom is 0.306 e. The maximum absolute atomic E-state index is 12.7. The van der Waals surface area contributed by atoms with Crippen LogP contribution in [0.5, 0.6) is 0 Å². The first-order valence-electron chi connectivity index (χ1n) is 23.1. The molecule has 0 heterocycles. The predicted molar refractivity (Wildman–Crippen MR) is 233 cm³/mol. The molecule has 1 unspecified atom stereocenters. The molecule has 0 radical (unpaired) electrons. The Morgan fingerprint density at radius 1 is 0.382 bits per heavy atom. The van der Waals surface area contributed by atoms with Crippen molar-refractivity contribution in [1.82, 2.24) is 0 Å². The Balaban J connectivity index is 4.29. The average molecular weight is 771 g/mol. The summed E-state index contributed by atoms with van der Waals surface area (Å²) in [6.45, 7) is 6.47. The Labute approximate surface area is 339 Å². The van der Waals surface area contributed by atoms with Crippen molar-refractivity contribution in [3.63, 3.8) is 0 Å². The molecule has 0 aliphatic heterocycles. The van der Waals surface area contributed by atoms with E-state index in [0.29, 0.717) is 19.3 Å². The van der Waals surface area contributed by atoms with E-state index in [-0.39, 0.29) is 31.1 Å². The van der Waals surface area contributed by atoms with E-state index in [1.165, 1.54) is 96.3 Å². The minimum absolute atomic E-state index is 0.0754. The predicted octanol–water partition coefficient (Wildman–Crippen LogP) is 14.8. The summed E-state index contributed by atoms with van der Waals surface area (Å²) in [5.74, 6) is -0.894. The molecule has 318 valence electrons. The van der Waals surface area contributed by atoms with Gasteiger partial charge in [-0.3, -0.25) is 14.4 Å². The quantitative estimate of drug-likeness (QED) is 0.0267. The van der Waals surface area contributed by atoms with Crippen LogP contribution in [0.1, 0.15) is 226 Å². The van der Waals surface area contributed by atoms with Gasteiger partial charge in [0.1, 0.15) is 13.2 Å². The molecule has 0 saturated carbocycles. The van der Waals surface area contributed by atoms with E-state index in [1.807, 2.05) is 0 Å². The molecule has 0 aromatic carbocycles. The lowest BCUT2D eigenvalue weighted by Gasteiger charge is -2.18. The number of ether oxygens (including phenoxy) is 3. The first kappa shape index (κ1) is 52.4. The van der Waals surface area contributed by atoms with Gasteiger partial charge in [-0.1, -0.05) is 198 Å². The molecular weight excluding hydrogens is 685 g/mol. The van der Waals surface area contributed by atoms with Gasteiger partial charge in [0.15, 0.2) is 6.10 Å². The van der Waals surface area contributed by atoms with Crippen molar-refractivity contribution >= 4 is 17.9 Å². The Kier molecular flexibility index (Phi) is 42.0. The first-order valence-corrected chi connectivity index (χ1v) is 23.1. The van der Waals surface area contributed by atoms with Gasteiger partial charge in [0.05, 0.1) is 0 Å². The number of carbonyl (C=O) groups is 3. The van der Waals surface area contributed by atoms with E-state index in [4.69, 9.17) is 14.2 Å². The minimum Gasteiger partial charge on any atom is -0.462 e. The highest BCUT2D eigenvalue weighted by atomic mass is 16.6. The summed E-state index contributed by atoms with van der Waals surface area (Å²) < 4.78 is 16.7. The normalized spacial score (nSPS) is 12.4. The molecule has 0 aromatic heterocycles. The van der Waals surface area contributed by atoms with Gasteiger partial charge in [-0.05, 0) is 57.8 Å². The zero-order valence-corrected chi connectivity index (χ0v) is 36.2. The number of unbranched alkanes of at least 4 members (excludes halogenated alkanes) is 22. The highest BCUT2D eigenvalue weighted by Gasteiger charge is 2.19. The lowest BCUT2D eigenvalue weighted by atomic mass is 10.1. The molecule has 0 saturated heterocycles. The molecule has 0 rings (SSSR count). The van der Waals surface area contributed by atoms with Crippen LogP contribution in [0.25, 0.3) is 0 Å². The van der Waals surface area contributed by atoms with Crippen molar-refractivity contribution in [1.29, 1.82) is 0 Å². The molecule has 0 spiro atoms. The van der Waals surface area contributed by atoms with E-state index >= 15 is 0 Å². The lowest BCUT2D eigenvalue weighted by molar-refractivity contribution is -0.167. The zero-order valence-electron chi connectivity index (χ0n) is 36.2. The summed E-state index contributed by atoms with van der Waals surface area (Å²) in [6, 6.07) is 0. The van der Waals surface area contributed by atoms with Crippen molar-refractivity contribution in [2.75, 3.05) is 13.2 Å². The van der Waals surface area contributed by atoms with Gasteiger partial charge in [-0.2, -0.15) is 0 Å². The van der Waals surface area contributed by atoms with Gasteiger partial charge in [0.25, 0.3) is 0 Å². The third kappa shape index (κ3) is 42.4. The number of esters is 3. The van der Waals surface area contributed by atoms with Crippen molar-refractivity contribution in [2.45, 2.75) is 232 Å². The third-order valence-corrected chi connectivity index (χ3v) is 9.85. The fourth-order valence-corrected chi connectivity index (χ4v) is 6.37. The van der Waals surface area contributed by atoms with Crippen LogP contribution in [0.15, 0.2) is 48.6 Å². The molecule has 0 aliphatic carbocycles. The van der Waals surface area contributed by atoms with Gasteiger partial charge in [0.2, 0.25) is 0 Å². The molecule has 0 fully saturated rings. The highest BCUT2D eigenvalue weighted by molar-refractivity contribution is 5.71. The van der Waals surface area contributed by atoms with Gasteiger partial charge in [0, 0.05) is 19.3 Å². The molecule has 6 nitrogen and oxygen atoms in total. The molecular formula is C49H86O6. The summed E-state index contributed by atoms with van der Waals surface area (Å²) in [5, 5.41) is 0. The van der Waals surface area contributed by atoms with Crippen LogP contribution in [0.3, 0.4) is 0 Å². The smallest absolute Gasteiger partial charge is 0.306 e. The fourth-order valence-electron chi connectivity index (χ4n) is 6.37. The number of allylic oxidation sites excluding steroid dienone is 8. The highest BCUT2D eigenvalue weighted by Crippen LogP contribution is 2.14. The van der Waals surface area contributed by atoms with Crippen molar-refractivity contribution < 1.29 is 28.6 Å².